The zero-order valence-electron chi connectivity index (χ0n) is 21.5. The molecule has 2 aliphatic rings. The molecule has 2 fully saturated rings. The van der Waals surface area contributed by atoms with Crippen molar-refractivity contribution in [3.8, 4) is 16.9 Å². The summed E-state index contributed by atoms with van der Waals surface area (Å²) < 4.78 is 1.73. The molecule has 38 heavy (non-hydrogen) atoms. The molecule has 1 saturated heterocycles. The Hall–Kier alpha value is -3.94. The van der Waals surface area contributed by atoms with Gasteiger partial charge in [-0.05, 0) is 43.9 Å². The lowest BCUT2D eigenvalue weighted by Crippen LogP contribution is -2.51. The highest BCUT2D eigenvalue weighted by atomic mass is 16.4. The van der Waals surface area contributed by atoms with E-state index in [1.807, 2.05) is 65.6 Å². The first-order chi connectivity index (χ1) is 18.5. The van der Waals surface area contributed by atoms with Gasteiger partial charge in [-0.15, -0.1) is 0 Å². The highest BCUT2D eigenvalue weighted by molar-refractivity contribution is 5.95. The van der Waals surface area contributed by atoms with Crippen LogP contribution in [0.2, 0.25) is 0 Å². The van der Waals surface area contributed by atoms with Gasteiger partial charge in [0.1, 0.15) is 6.54 Å². The summed E-state index contributed by atoms with van der Waals surface area (Å²) in [6, 6.07) is 20.7. The van der Waals surface area contributed by atoms with Gasteiger partial charge in [-0.25, -0.2) is 4.68 Å². The SMILES string of the molecule is O=C(O)CN(C(=O)c1cc(-c2ccccc2)n(-c2ccccc2)n1)C1CCN(C(=O)C2CCCCC2)CC1. The minimum absolute atomic E-state index is 0.107. The Morgan fingerprint density at radius 1 is 0.868 bits per heavy atom. The first-order valence-corrected chi connectivity index (χ1v) is 13.5. The fourth-order valence-electron chi connectivity index (χ4n) is 5.73. The van der Waals surface area contributed by atoms with Crippen molar-refractivity contribution in [1.29, 1.82) is 0 Å². The number of piperidine rings is 1. The summed E-state index contributed by atoms with van der Waals surface area (Å²) in [6.07, 6.45) is 6.43. The van der Waals surface area contributed by atoms with Crippen molar-refractivity contribution in [2.45, 2.75) is 51.0 Å². The fraction of sp³-hybridized carbons (Fsp3) is 0.400. The molecule has 8 nitrogen and oxygen atoms in total. The Morgan fingerprint density at radius 3 is 2.13 bits per heavy atom. The number of hydrogen-bond acceptors (Lipinski definition) is 4. The topological polar surface area (TPSA) is 95.7 Å². The molecule has 0 bridgehead atoms. The van der Waals surface area contributed by atoms with Gasteiger partial charge >= 0.3 is 5.97 Å². The van der Waals surface area contributed by atoms with Gasteiger partial charge in [-0.3, -0.25) is 14.4 Å². The third kappa shape index (κ3) is 5.64. The largest absolute Gasteiger partial charge is 0.480 e. The van der Waals surface area contributed by atoms with E-state index in [1.165, 1.54) is 11.3 Å². The van der Waals surface area contributed by atoms with Gasteiger partial charge < -0.3 is 14.9 Å². The van der Waals surface area contributed by atoms with Gasteiger partial charge in [-0.1, -0.05) is 67.8 Å². The highest BCUT2D eigenvalue weighted by Crippen LogP contribution is 2.29. The Bertz CT molecular complexity index is 1200. The molecule has 1 aliphatic carbocycles. The van der Waals surface area contributed by atoms with E-state index in [4.69, 9.17) is 0 Å². The molecule has 0 atom stereocenters. The van der Waals surface area contributed by atoms with Gasteiger partial charge in [-0.2, -0.15) is 5.10 Å². The first-order valence-electron chi connectivity index (χ1n) is 13.5. The molecule has 1 aliphatic heterocycles. The van der Waals surface area contributed by atoms with Crippen LogP contribution < -0.4 is 0 Å². The number of aromatic nitrogens is 2. The van der Waals surface area contributed by atoms with Gasteiger partial charge in [0.15, 0.2) is 5.69 Å². The number of nitrogens with zero attached hydrogens (tertiary/aromatic N) is 4. The average Bonchev–Trinajstić information content (AvgIpc) is 3.42. The van der Waals surface area contributed by atoms with E-state index in [0.29, 0.717) is 25.9 Å². The number of amides is 2. The monoisotopic (exact) mass is 514 g/mol. The molecule has 5 rings (SSSR count). The van der Waals surface area contributed by atoms with Crippen LogP contribution in [0.25, 0.3) is 16.9 Å². The molecule has 0 spiro atoms. The zero-order chi connectivity index (χ0) is 26.5. The maximum atomic E-state index is 13.8. The molecule has 2 heterocycles. The van der Waals surface area contributed by atoms with E-state index < -0.39 is 18.4 Å². The van der Waals surface area contributed by atoms with Crippen molar-refractivity contribution >= 4 is 17.8 Å². The summed E-state index contributed by atoms with van der Waals surface area (Å²) in [5.74, 6) is -1.15. The van der Waals surface area contributed by atoms with Crippen molar-refractivity contribution in [3.05, 3.63) is 72.4 Å². The number of aliphatic carboxylic acids is 1. The van der Waals surface area contributed by atoms with Crippen LogP contribution in [0.1, 0.15) is 55.4 Å². The quantitative estimate of drug-likeness (QED) is 0.496. The molecular weight excluding hydrogens is 480 g/mol. The van der Waals surface area contributed by atoms with Crippen molar-refractivity contribution in [2.75, 3.05) is 19.6 Å². The molecule has 0 radical (unpaired) electrons. The molecular formula is C30H34N4O4. The second-order valence-corrected chi connectivity index (χ2v) is 10.2. The Labute approximate surface area is 222 Å². The van der Waals surface area contributed by atoms with E-state index in [-0.39, 0.29) is 23.6 Å². The lowest BCUT2D eigenvalue weighted by atomic mass is 9.87. The number of carboxylic acids is 1. The smallest absolute Gasteiger partial charge is 0.323 e. The van der Waals surface area contributed by atoms with Crippen LogP contribution in [0.5, 0.6) is 0 Å². The number of carbonyl (C=O) groups excluding carboxylic acids is 2. The van der Waals surface area contributed by atoms with Gasteiger partial charge in [0.2, 0.25) is 5.91 Å². The minimum Gasteiger partial charge on any atom is -0.480 e. The van der Waals surface area contributed by atoms with Crippen molar-refractivity contribution in [3.63, 3.8) is 0 Å². The zero-order valence-corrected chi connectivity index (χ0v) is 21.5. The third-order valence-electron chi connectivity index (χ3n) is 7.74. The first kappa shape index (κ1) is 25.7. The van der Waals surface area contributed by atoms with Crippen LogP contribution in [0.3, 0.4) is 0 Å². The predicted octanol–water partition coefficient (Wildman–Crippen LogP) is 4.64. The van der Waals surface area contributed by atoms with Crippen molar-refractivity contribution < 1.29 is 19.5 Å². The van der Waals surface area contributed by atoms with Crippen LogP contribution in [0.4, 0.5) is 0 Å². The molecule has 1 saturated carbocycles. The Kier molecular flexibility index (Phi) is 7.86. The number of para-hydroxylation sites is 1. The third-order valence-corrected chi connectivity index (χ3v) is 7.74. The maximum Gasteiger partial charge on any atom is 0.323 e. The second-order valence-electron chi connectivity index (χ2n) is 10.2. The average molecular weight is 515 g/mol. The molecule has 198 valence electrons. The standard InChI is InChI=1S/C30H34N4O4/c35-28(36)21-33(24-16-18-32(19-17-24)29(37)23-12-6-2-7-13-23)30(38)26-20-27(22-10-4-1-5-11-22)34(31-26)25-14-8-3-9-15-25/h1,3-5,8-11,14-15,20,23-24H,2,6-7,12-13,16-19,21H2,(H,35,36). The minimum atomic E-state index is -1.06. The Balaban J connectivity index is 1.38. The van der Waals surface area contributed by atoms with Gasteiger partial charge in [0.05, 0.1) is 11.4 Å². The van der Waals surface area contributed by atoms with E-state index in [9.17, 15) is 19.5 Å². The van der Waals surface area contributed by atoms with Gasteiger partial charge in [0.25, 0.3) is 5.91 Å². The summed E-state index contributed by atoms with van der Waals surface area (Å²) in [5.41, 5.74) is 2.67. The molecule has 2 aromatic carbocycles. The molecule has 2 amide bonds. The number of carboxylic acid groups (broad SMARTS) is 1. The van der Waals surface area contributed by atoms with Crippen molar-refractivity contribution in [1.82, 2.24) is 19.6 Å². The second kappa shape index (κ2) is 11.6. The van der Waals surface area contributed by atoms with Crippen LogP contribution in [0, 0.1) is 5.92 Å². The van der Waals surface area contributed by atoms with Crippen LogP contribution in [-0.2, 0) is 9.59 Å². The molecule has 3 aromatic rings. The Morgan fingerprint density at radius 2 is 1.50 bits per heavy atom. The summed E-state index contributed by atoms with van der Waals surface area (Å²) in [7, 11) is 0. The number of rotatable bonds is 7. The predicted molar refractivity (Wildman–Crippen MR) is 144 cm³/mol. The number of carbonyl (C=O) groups is 3. The van der Waals surface area contributed by atoms with Crippen molar-refractivity contribution in [2.24, 2.45) is 5.92 Å². The summed E-state index contributed by atoms with van der Waals surface area (Å²) in [4.78, 5) is 41.9. The van der Waals surface area contributed by atoms with E-state index in [2.05, 4.69) is 5.10 Å². The van der Waals surface area contributed by atoms with E-state index in [1.54, 1.807) is 10.7 Å². The van der Waals surface area contributed by atoms with Crippen LogP contribution in [0.15, 0.2) is 66.7 Å². The lowest BCUT2D eigenvalue weighted by Gasteiger charge is -2.39. The summed E-state index contributed by atoms with van der Waals surface area (Å²) >= 11 is 0. The number of hydrogen-bond donors (Lipinski definition) is 1. The maximum absolute atomic E-state index is 13.8. The summed E-state index contributed by atoms with van der Waals surface area (Å²) in [5, 5.41) is 14.3. The molecule has 0 unspecified atom stereocenters. The molecule has 1 N–H and O–H groups in total. The number of likely N-dealkylation sites (tertiary alicyclic amines) is 1. The van der Waals surface area contributed by atoms with Crippen LogP contribution >= 0.6 is 0 Å². The number of benzene rings is 2. The summed E-state index contributed by atoms with van der Waals surface area (Å²) in [6.45, 7) is 0.674. The van der Waals surface area contributed by atoms with E-state index >= 15 is 0 Å². The highest BCUT2D eigenvalue weighted by Gasteiger charge is 2.34. The van der Waals surface area contributed by atoms with Crippen LogP contribution in [-0.4, -0.2) is 68.1 Å². The van der Waals surface area contributed by atoms with E-state index in [0.717, 1.165) is 42.6 Å². The van der Waals surface area contributed by atoms with Gasteiger partial charge in [0, 0.05) is 30.6 Å². The molecule has 8 heteroatoms. The fourth-order valence-corrected chi connectivity index (χ4v) is 5.73. The lowest BCUT2D eigenvalue weighted by molar-refractivity contribution is -0.140. The normalized spacial score (nSPS) is 16.8. The molecule has 1 aromatic heterocycles.